The lowest BCUT2D eigenvalue weighted by Gasteiger charge is -2.25. The Hall–Kier alpha value is -1.67. The zero-order valence-electron chi connectivity index (χ0n) is 12.1. The van der Waals surface area contributed by atoms with Gasteiger partial charge in [-0.3, -0.25) is 4.98 Å². The molecule has 0 amide bonds. The molecule has 2 aromatic rings. The van der Waals surface area contributed by atoms with Gasteiger partial charge < -0.3 is 5.32 Å². The summed E-state index contributed by atoms with van der Waals surface area (Å²) in [6, 6.07) is 13.6. The van der Waals surface area contributed by atoms with Gasteiger partial charge >= 0.3 is 0 Å². The summed E-state index contributed by atoms with van der Waals surface area (Å²) >= 11 is 0. The van der Waals surface area contributed by atoms with Crippen LogP contribution in [0.25, 0.3) is 0 Å². The Morgan fingerprint density at radius 2 is 1.95 bits per heavy atom. The second-order valence-corrected chi connectivity index (χ2v) is 5.54. The van der Waals surface area contributed by atoms with Gasteiger partial charge in [0.15, 0.2) is 0 Å². The summed E-state index contributed by atoms with van der Waals surface area (Å²) in [7, 11) is 0. The highest BCUT2D eigenvalue weighted by Gasteiger charge is 2.20. The van der Waals surface area contributed by atoms with Gasteiger partial charge in [0.05, 0.1) is 11.7 Å². The maximum absolute atomic E-state index is 4.58. The standard InChI is InChI=1S/C18H22N2/c1-2-14-8-10-15(11-9-14)13-20-17-7-3-5-16-6-4-12-19-18(16)17/h4,6,8-12,17,20H,2-3,5,7,13H2,1H3. The van der Waals surface area contributed by atoms with Crippen molar-refractivity contribution in [2.75, 3.05) is 0 Å². The van der Waals surface area contributed by atoms with Crippen molar-refractivity contribution in [2.24, 2.45) is 0 Å². The van der Waals surface area contributed by atoms with Crippen molar-refractivity contribution in [3.05, 3.63) is 65.0 Å². The third kappa shape index (κ3) is 2.91. The molecule has 0 saturated carbocycles. The van der Waals surface area contributed by atoms with E-state index in [4.69, 9.17) is 0 Å². The summed E-state index contributed by atoms with van der Waals surface area (Å²) in [5, 5.41) is 3.67. The first-order chi connectivity index (χ1) is 9.86. The van der Waals surface area contributed by atoms with Gasteiger partial charge in [0.25, 0.3) is 0 Å². The molecule has 2 nitrogen and oxygen atoms in total. The molecule has 0 radical (unpaired) electrons. The Bertz CT molecular complexity index is 560. The normalized spacial score (nSPS) is 17.8. The lowest BCUT2D eigenvalue weighted by Crippen LogP contribution is -2.25. The van der Waals surface area contributed by atoms with Gasteiger partial charge in [-0.1, -0.05) is 37.3 Å². The first-order valence-electron chi connectivity index (χ1n) is 7.62. The van der Waals surface area contributed by atoms with E-state index in [2.05, 4.69) is 47.6 Å². The predicted molar refractivity (Wildman–Crippen MR) is 82.6 cm³/mol. The number of nitrogens with one attached hydrogen (secondary N) is 1. The molecular formula is C18H22N2. The van der Waals surface area contributed by atoms with Crippen LogP contribution >= 0.6 is 0 Å². The number of rotatable bonds is 4. The Morgan fingerprint density at radius 3 is 2.75 bits per heavy atom. The van der Waals surface area contributed by atoms with Gasteiger partial charge in [-0.2, -0.15) is 0 Å². The topological polar surface area (TPSA) is 24.9 Å². The number of fused-ring (bicyclic) bond motifs is 1. The van der Waals surface area contributed by atoms with Gasteiger partial charge in [0, 0.05) is 12.7 Å². The third-order valence-electron chi connectivity index (χ3n) is 4.18. The summed E-state index contributed by atoms with van der Waals surface area (Å²) in [5.41, 5.74) is 5.42. The van der Waals surface area contributed by atoms with Crippen LogP contribution in [0.5, 0.6) is 0 Å². The van der Waals surface area contributed by atoms with E-state index in [9.17, 15) is 0 Å². The quantitative estimate of drug-likeness (QED) is 0.910. The van der Waals surface area contributed by atoms with Crippen LogP contribution in [0.4, 0.5) is 0 Å². The maximum atomic E-state index is 4.58. The van der Waals surface area contributed by atoms with Crippen LogP contribution in [0.15, 0.2) is 42.6 Å². The molecule has 0 bridgehead atoms. The van der Waals surface area contributed by atoms with E-state index in [1.54, 1.807) is 0 Å². The summed E-state index contributed by atoms with van der Waals surface area (Å²) in [5.74, 6) is 0. The van der Waals surface area contributed by atoms with Gasteiger partial charge in [-0.05, 0) is 48.4 Å². The predicted octanol–water partition coefficient (Wildman–Crippen LogP) is 3.81. The lowest BCUT2D eigenvalue weighted by atomic mass is 9.92. The number of benzene rings is 1. The van der Waals surface area contributed by atoms with Crippen LogP contribution in [0.3, 0.4) is 0 Å². The molecule has 1 N–H and O–H groups in total. The number of hydrogen-bond donors (Lipinski definition) is 1. The highest BCUT2D eigenvalue weighted by molar-refractivity contribution is 5.26. The van der Waals surface area contributed by atoms with E-state index in [-0.39, 0.29) is 0 Å². The van der Waals surface area contributed by atoms with Crippen LogP contribution in [0, 0.1) is 0 Å². The van der Waals surface area contributed by atoms with E-state index >= 15 is 0 Å². The Kier molecular flexibility index (Phi) is 4.12. The summed E-state index contributed by atoms with van der Waals surface area (Å²) < 4.78 is 0. The fourth-order valence-electron chi connectivity index (χ4n) is 2.94. The van der Waals surface area contributed by atoms with Crippen molar-refractivity contribution in [2.45, 2.75) is 45.2 Å². The van der Waals surface area contributed by atoms with Crippen LogP contribution in [-0.2, 0) is 19.4 Å². The molecule has 1 aromatic heterocycles. The fraction of sp³-hybridized carbons (Fsp3) is 0.389. The van der Waals surface area contributed by atoms with E-state index in [1.807, 2.05) is 12.3 Å². The minimum absolute atomic E-state index is 0.408. The van der Waals surface area contributed by atoms with E-state index < -0.39 is 0 Å². The smallest absolute Gasteiger partial charge is 0.0605 e. The molecule has 2 heteroatoms. The van der Waals surface area contributed by atoms with Gasteiger partial charge in [0.2, 0.25) is 0 Å². The Balaban J connectivity index is 1.66. The van der Waals surface area contributed by atoms with Crippen LogP contribution in [0.2, 0.25) is 0 Å². The zero-order valence-corrected chi connectivity index (χ0v) is 12.1. The molecule has 20 heavy (non-hydrogen) atoms. The first kappa shape index (κ1) is 13.3. The molecule has 104 valence electrons. The monoisotopic (exact) mass is 266 g/mol. The number of hydrogen-bond acceptors (Lipinski definition) is 2. The lowest BCUT2D eigenvalue weighted by molar-refractivity contribution is 0.447. The Morgan fingerprint density at radius 1 is 1.15 bits per heavy atom. The molecule has 1 unspecified atom stereocenters. The van der Waals surface area contributed by atoms with Gasteiger partial charge in [-0.25, -0.2) is 0 Å². The average Bonchev–Trinajstić information content (AvgIpc) is 2.53. The van der Waals surface area contributed by atoms with Crippen molar-refractivity contribution in [1.29, 1.82) is 0 Å². The molecule has 0 spiro atoms. The molecule has 0 saturated heterocycles. The molecule has 1 aliphatic carbocycles. The highest BCUT2D eigenvalue weighted by atomic mass is 14.9. The molecule has 0 aliphatic heterocycles. The molecule has 3 rings (SSSR count). The second kappa shape index (κ2) is 6.19. The Labute approximate surface area is 121 Å². The SMILES string of the molecule is CCc1ccc(CNC2CCCc3cccnc32)cc1. The van der Waals surface area contributed by atoms with Crippen LogP contribution in [-0.4, -0.2) is 4.98 Å². The first-order valence-corrected chi connectivity index (χ1v) is 7.62. The third-order valence-corrected chi connectivity index (χ3v) is 4.18. The van der Waals surface area contributed by atoms with E-state index in [1.165, 1.54) is 41.6 Å². The number of aryl methyl sites for hydroxylation is 2. The maximum Gasteiger partial charge on any atom is 0.0605 e. The van der Waals surface area contributed by atoms with Gasteiger partial charge in [0.1, 0.15) is 0 Å². The molecule has 1 aromatic carbocycles. The minimum Gasteiger partial charge on any atom is -0.305 e. The fourth-order valence-corrected chi connectivity index (χ4v) is 2.94. The van der Waals surface area contributed by atoms with Crippen molar-refractivity contribution >= 4 is 0 Å². The van der Waals surface area contributed by atoms with Gasteiger partial charge in [-0.15, -0.1) is 0 Å². The molecule has 0 fully saturated rings. The summed E-state index contributed by atoms with van der Waals surface area (Å²) in [4.78, 5) is 4.58. The molecule has 1 aliphatic rings. The minimum atomic E-state index is 0.408. The average molecular weight is 266 g/mol. The van der Waals surface area contributed by atoms with Crippen LogP contribution in [0.1, 0.15) is 48.2 Å². The second-order valence-electron chi connectivity index (χ2n) is 5.54. The van der Waals surface area contributed by atoms with E-state index in [0.29, 0.717) is 6.04 Å². The van der Waals surface area contributed by atoms with Crippen molar-refractivity contribution in [1.82, 2.24) is 10.3 Å². The highest BCUT2D eigenvalue weighted by Crippen LogP contribution is 2.27. The summed E-state index contributed by atoms with van der Waals surface area (Å²) in [6.07, 6.45) is 6.64. The largest absolute Gasteiger partial charge is 0.305 e. The number of aromatic nitrogens is 1. The summed E-state index contributed by atoms with van der Waals surface area (Å²) in [6.45, 7) is 3.11. The van der Waals surface area contributed by atoms with Crippen LogP contribution < -0.4 is 5.32 Å². The number of pyridine rings is 1. The number of nitrogens with zero attached hydrogens (tertiary/aromatic N) is 1. The van der Waals surface area contributed by atoms with Crippen molar-refractivity contribution < 1.29 is 0 Å². The molecular weight excluding hydrogens is 244 g/mol. The van der Waals surface area contributed by atoms with Crippen molar-refractivity contribution in [3.63, 3.8) is 0 Å². The zero-order chi connectivity index (χ0) is 13.8. The molecule has 1 heterocycles. The van der Waals surface area contributed by atoms with E-state index in [0.717, 1.165) is 13.0 Å². The van der Waals surface area contributed by atoms with Crippen molar-refractivity contribution in [3.8, 4) is 0 Å². The molecule has 1 atom stereocenters.